The molecule has 0 heterocycles. The van der Waals surface area contributed by atoms with E-state index in [1.807, 2.05) is 0 Å². The third-order valence-electron chi connectivity index (χ3n) is 4.52. The molecule has 0 radical (unpaired) electrons. The quantitative estimate of drug-likeness (QED) is 0.750. The molecule has 0 saturated heterocycles. The standard InChI is InChI=1S/C14H28O/c1-5-10(2)8-14(15)13-7-6-11(3)12(4)9-13/h10-15H,5-9H2,1-4H3. The Morgan fingerprint density at radius 1 is 1.20 bits per heavy atom. The van der Waals surface area contributed by atoms with Crippen LogP contribution < -0.4 is 0 Å². The Bertz CT molecular complexity index is 178. The summed E-state index contributed by atoms with van der Waals surface area (Å²) >= 11 is 0. The number of aliphatic hydroxyl groups excluding tert-OH is 1. The molecule has 15 heavy (non-hydrogen) atoms. The predicted molar refractivity (Wildman–Crippen MR) is 65.7 cm³/mol. The van der Waals surface area contributed by atoms with Crippen molar-refractivity contribution >= 4 is 0 Å². The highest BCUT2D eigenvalue weighted by molar-refractivity contribution is 4.80. The van der Waals surface area contributed by atoms with Crippen molar-refractivity contribution in [2.75, 3.05) is 0 Å². The highest BCUT2D eigenvalue weighted by atomic mass is 16.3. The SMILES string of the molecule is CCC(C)CC(O)C1CCC(C)C(C)C1. The average molecular weight is 212 g/mol. The summed E-state index contributed by atoms with van der Waals surface area (Å²) in [4.78, 5) is 0. The van der Waals surface area contributed by atoms with Gasteiger partial charge in [-0.1, -0.05) is 40.5 Å². The van der Waals surface area contributed by atoms with Crippen LogP contribution in [0.25, 0.3) is 0 Å². The summed E-state index contributed by atoms with van der Waals surface area (Å²) in [6.07, 6.45) is 5.93. The van der Waals surface area contributed by atoms with Gasteiger partial charge >= 0.3 is 0 Å². The Hall–Kier alpha value is -0.0400. The molecule has 0 spiro atoms. The van der Waals surface area contributed by atoms with Crippen LogP contribution in [0.15, 0.2) is 0 Å². The van der Waals surface area contributed by atoms with Gasteiger partial charge < -0.3 is 5.11 Å². The monoisotopic (exact) mass is 212 g/mol. The Balaban J connectivity index is 2.37. The second-order valence-electron chi connectivity index (χ2n) is 5.84. The first-order valence-electron chi connectivity index (χ1n) is 6.72. The van der Waals surface area contributed by atoms with Crippen molar-refractivity contribution in [2.24, 2.45) is 23.7 Å². The van der Waals surface area contributed by atoms with E-state index in [0.29, 0.717) is 11.8 Å². The smallest absolute Gasteiger partial charge is 0.0571 e. The van der Waals surface area contributed by atoms with Gasteiger partial charge in [-0.3, -0.25) is 0 Å². The molecule has 0 aromatic heterocycles. The normalized spacial score (nSPS) is 36.2. The highest BCUT2D eigenvalue weighted by Crippen LogP contribution is 2.36. The highest BCUT2D eigenvalue weighted by Gasteiger charge is 2.29. The van der Waals surface area contributed by atoms with E-state index in [2.05, 4.69) is 27.7 Å². The first-order chi connectivity index (χ1) is 7.04. The summed E-state index contributed by atoms with van der Waals surface area (Å²) in [7, 11) is 0. The van der Waals surface area contributed by atoms with Crippen LogP contribution in [0.5, 0.6) is 0 Å². The fraction of sp³-hybridized carbons (Fsp3) is 1.00. The number of hydrogen-bond acceptors (Lipinski definition) is 1. The minimum absolute atomic E-state index is 0.0464. The number of aliphatic hydroxyl groups is 1. The van der Waals surface area contributed by atoms with Crippen LogP contribution in [-0.2, 0) is 0 Å². The van der Waals surface area contributed by atoms with Gasteiger partial charge in [0.05, 0.1) is 6.10 Å². The molecule has 0 aliphatic heterocycles. The molecule has 0 aromatic carbocycles. The van der Waals surface area contributed by atoms with Crippen molar-refractivity contribution in [1.82, 2.24) is 0 Å². The molecule has 0 bridgehead atoms. The third-order valence-corrected chi connectivity index (χ3v) is 4.52. The lowest BCUT2D eigenvalue weighted by atomic mass is 9.72. The Morgan fingerprint density at radius 2 is 1.87 bits per heavy atom. The van der Waals surface area contributed by atoms with Crippen molar-refractivity contribution in [1.29, 1.82) is 0 Å². The Kier molecular flexibility index (Phi) is 5.11. The van der Waals surface area contributed by atoms with Crippen LogP contribution in [0.1, 0.15) is 59.8 Å². The maximum Gasteiger partial charge on any atom is 0.0571 e. The molecule has 1 heteroatoms. The number of rotatable bonds is 4. The van der Waals surface area contributed by atoms with Crippen molar-refractivity contribution in [2.45, 2.75) is 65.9 Å². The van der Waals surface area contributed by atoms with Crippen molar-refractivity contribution < 1.29 is 5.11 Å². The summed E-state index contributed by atoms with van der Waals surface area (Å²) in [6.45, 7) is 9.15. The van der Waals surface area contributed by atoms with E-state index in [9.17, 15) is 5.11 Å². The first kappa shape index (κ1) is 13.0. The molecule has 1 saturated carbocycles. The maximum absolute atomic E-state index is 10.2. The van der Waals surface area contributed by atoms with Crippen LogP contribution in [0.2, 0.25) is 0 Å². The lowest BCUT2D eigenvalue weighted by molar-refractivity contribution is 0.0403. The molecule has 1 rings (SSSR count). The second kappa shape index (κ2) is 5.89. The van der Waals surface area contributed by atoms with E-state index in [4.69, 9.17) is 0 Å². The topological polar surface area (TPSA) is 20.2 Å². The van der Waals surface area contributed by atoms with Crippen LogP contribution in [0, 0.1) is 23.7 Å². The van der Waals surface area contributed by atoms with Crippen LogP contribution in [0.4, 0.5) is 0 Å². The molecule has 1 nitrogen and oxygen atoms in total. The predicted octanol–water partition coefficient (Wildman–Crippen LogP) is 3.86. The Labute approximate surface area is 95.3 Å². The summed E-state index contributed by atoms with van der Waals surface area (Å²) in [5, 5.41) is 10.2. The van der Waals surface area contributed by atoms with Crippen LogP contribution in [0.3, 0.4) is 0 Å². The second-order valence-corrected chi connectivity index (χ2v) is 5.84. The molecule has 90 valence electrons. The fourth-order valence-corrected chi connectivity index (χ4v) is 2.71. The zero-order valence-electron chi connectivity index (χ0n) is 10.9. The lowest BCUT2D eigenvalue weighted by Gasteiger charge is -2.35. The molecule has 0 amide bonds. The largest absolute Gasteiger partial charge is 0.393 e. The lowest BCUT2D eigenvalue weighted by Crippen LogP contribution is -2.30. The third kappa shape index (κ3) is 3.79. The summed E-state index contributed by atoms with van der Waals surface area (Å²) in [6, 6.07) is 0. The van der Waals surface area contributed by atoms with Gasteiger partial charge in [0.25, 0.3) is 0 Å². The number of hydrogen-bond donors (Lipinski definition) is 1. The van der Waals surface area contributed by atoms with E-state index in [1.165, 1.54) is 25.7 Å². The average Bonchev–Trinajstić information content (AvgIpc) is 2.21. The van der Waals surface area contributed by atoms with Gasteiger partial charge in [-0.05, 0) is 42.9 Å². The molecule has 5 unspecified atom stereocenters. The van der Waals surface area contributed by atoms with Crippen molar-refractivity contribution in [3.63, 3.8) is 0 Å². The summed E-state index contributed by atoms with van der Waals surface area (Å²) < 4.78 is 0. The minimum atomic E-state index is -0.0464. The Morgan fingerprint density at radius 3 is 2.40 bits per heavy atom. The fourth-order valence-electron chi connectivity index (χ4n) is 2.71. The van der Waals surface area contributed by atoms with Crippen LogP contribution >= 0.6 is 0 Å². The zero-order chi connectivity index (χ0) is 11.4. The molecular formula is C14H28O. The van der Waals surface area contributed by atoms with Gasteiger partial charge in [0.1, 0.15) is 0 Å². The van der Waals surface area contributed by atoms with Gasteiger partial charge in [-0.25, -0.2) is 0 Å². The molecule has 1 aliphatic carbocycles. The minimum Gasteiger partial charge on any atom is -0.393 e. The molecule has 1 aliphatic rings. The molecule has 1 N–H and O–H groups in total. The molecule has 1 fully saturated rings. The van der Waals surface area contributed by atoms with Gasteiger partial charge in [0.15, 0.2) is 0 Å². The zero-order valence-corrected chi connectivity index (χ0v) is 10.9. The maximum atomic E-state index is 10.2. The van der Waals surface area contributed by atoms with E-state index in [-0.39, 0.29) is 6.10 Å². The van der Waals surface area contributed by atoms with E-state index in [0.717, 1.165) is 18.3 Å². The van der Waals surface area contributed by atoms with E-state index in [1.54, 1.807) is 0 Å². The molecule has 5 atom stereocenters. The summed E-state index contributed by atoms with van der Waals surface area (Å²) in [5.74, 6) is 2.91. The van der Waals surface area contributed by atoms with Crippen molar-refractivity contribution in [3.8, 4) is 0 Å². The first-order valence-corrected chi connectivity index (χ1v) is 6.72. The van der Waals surface area contributed by atoms with Gasteiger partial charge in [0.2, 0.25) is 0 Å². The van der Waals surface area contributed by atoms with Gasteiger partial charge in [0, 0.05) is 0 Å². The summed E-state index contributed by atoms with van der Waals surface area (Å²) in [5.41, 5.74) is 0. The van der Waals surface area contributed by atoms with Crippen LogP contribution in [-0.4, -0.2) is 11.2 Å². The van der Waals surface area contributed by atoms with E-state index >= 15 is 0 Å². The molecule has 0 aromatic rings. The van der Waals surface area contributed by atoms with Gasteiger partial charge in [-0.2, -0.15) is 0 Å². The van der Waals surface area contributed by atoms with E-state index < -0.39 is 0 Å². The van der Waals surface area contributed by atoms with Crippen molar-refractivity contribution in [3.05, 3.63) is 0 Å². The van der Waals surface area contributed by atoms with Gasteiger partial charge in [-0.15, -0.1) is 0 Å². The molecular weight excluding hydrogens is 184 g/mol.